The van der Waals surface area contributed by atoms with E-state index in [1.165, 1.54) is 12.1 Å². The van der Waals surface area contributed by atoms with Crippen LogP contribution in [0.15, 0.2) is 24.3 Å². The van der Waals surface area contributed by atoms with Gasteiger partial charge in [-0.3, -0.25) is 4.79 Å². The van der Waals surface area contributed by atoms with Crippen LogP contribution in [-0.2, 0) is 4.79 Å². The second-order valence-electron chi connectivity index (χ2n) is 5.12. The summed E-state index contributed by atoms with van der Waals surface area (Å²) < 4.78 is 12.9. The van der Waals surface area contributed by atoms with Crippen LogP contribution in [0.1, 0.15) is 39.3 Å². The zero-order valence-corrected chi connectivity index (χ0v) is 12.1. The molecular formula is C15H23FN2O. The van der Waals surface area contributed by atoms with Crippen LogP contribution in [0.5, 0.6) is 0 Å². The van der Waals surface area contributed by atoms with Crippen LogP contribution in [-0.4, -0.2) is 23.4 Å². The van der Waals surface area contributed by atoms with Crippen molar-refractivity contribution in [3.63, 3.8) is 0 Å². The van der Waals surface area contributed by atoms with E-state index in [0.717, 1.165) is 5.56 Å². The first-order chi connectivity index (χ1) is 8.88. The molecule has 0 aliphatic heterocycles. The number of nitrogens with two attached hydrogens (primary N) is 1. The van der Waals surface area contributed by atoms with Crippen LogP contribution in [0.2, 0.25) is 0 Å². The van der Waals surface area contributed by atoms with Crippen molar-refractivity contribution >= 4 is 5.91 Å². The van der Waals surface area contributed by atoms with Crippen LogP contribution in [0.3, 0.4) is 0 Å². The van der Waals surface area contributed by atoms with Gasteiger partial charge < -0.3 is 10.6 Å². The summed E-state index contributed by atoms with van der Waals surface area (Å²) in [6, 6.07) is 5.62. The number of rotatable bonds is 5. The molecule has 0 aliphatic rings. The number of likely N-dealkylation sites (N-methyl/N-ethyl adjacent to an activating group) is 1. The number of nitrogens with zero attached hydrogens (tertiary/aromatic N) is 1. The highest BCUT2D eigenvalue weighted by molar-refractivity contribution is 5.82. The number of carbonyl (C=O) groups excluding carboxylic acids is 1. The summed E-state index contributed by atoms with van der Waals surface area (Å²) in [6.07, 6.45) is 0. The van der Waals surface area contributed by atoms with Gasteiger partial charge >= 0.3 is 0 Å². The fourth-order valence-corrected chi connectivity index (χ4v) is 2.02. The maximum Gasteiger partial charge on any atom is 0.240 e. The fourth-order valence-electron chi connectivity index (χ4n) is 2.02. The first-order valence-electron chi connectivity index (χ1n) is 6.70. The Balaban J connectivity index is 2.90. The molecule has 1 aromatic rings. The van der Waals surface area contributed by atoms with E-state index >= 15 is 0 Å². The zero-order valence-electron chi connectivity index (χ0n) is 12.1. The van der Waals surface area contributed by atoms with Gasteiger partial charge in [0.05, 0.1) is 12.1 Å². The first-order valence-corrected chi connectivity index (χ1v) is 6.70. The average Bonchev–Trinajstić information content (AvgIpc) is 2.38. The van der Waals surface area contributed by atoms with Crippen molar-refractivity contribution in [1.29, 1.82) is 0 Å². The molecule has 0 saturated heterocycles. The lowest BCUT2D eigenvalue weighted by molar-refractivity contribution is -0.135. The summed E-state index contributed by atoms with van der Waals surface area (Å²) in [6.45, 7) is 8.29. The number of amides is 1. The maximum absolute atomic E-state index is 12.9. The fraction of sp³-hybridized carbons (Fsp3) is 0.533. The van der Waals surface area contributed by atoms with E-state index in [9.17, 15) is 9.18 Å². The largest absolute Gasteiger partial charge is 0.335 e. The topological polar surface area (TPSA) is 46.3 Å². The minimum atomic E-state index is -0.497. The molecule has 0 fully saturated rings. The molecule has 3 nitrogen and oxygen atoms in total. The summed E-state index contributed by atoms with van der Waals surface area (Å²) in [5.41, 5.74) is 6.84. The lowest BCUT2D eigenvalue weighted by atomic mass is 10.0. The molecule has 0 bridgehead atoms. The Morgan fingerprint density at radius 1 is 1.26 bits per heavy atom. The van der Waals surface area contributed by atoms with E-state index in [1.54, 1.807) is 17.0 Å². The molecule has 0 radical (unpaired) electrons. The Morgan fingerprint density at radius 2 is 1.79 bits per heavy atom. The molecule has 1 aromatic carbocycles. The Morgan fingerprint density at radius 3 is 2.21 bits per heavy atom. The number of hydrogen-bond donors (Lipinski definition) is 1. The third kappa shape index (κ3) is 3.77. The van der Waals surface area contributed by atoms with Crippen LogP contribution in [0.25, 0.3) is 0 Å². The van der Waals surface area contributed by atoms with E-state index < -0.39 is 6.04 Å². The van der Waals surface area contributed by atoms with Crippen LogP contribution in [0, 0.1) is 11.7 Å². The molecule has 19 heavy (non-hydrogen) atoms. The number of carbonyl (C=O) groups is 1. The molecule has 0 aromatic heterocycles. The summed E-state index contributed by atoms with van der Waals surface area (Å²) in [5.74, 6) is -0.236. The van der Waals surface area contributed by atoms with E-state index in [0.29, 0.717) is 6.54 Å². The molecule has 0 spiro atoms. The zero-order chi connectivity index (χ0) is 14.6. The molecule has 0 aliphatic carbocycles. The molecule has 0 saturated carbocycles. The Bertz CT molecular complexity index is 417. The summed E-state index contributed by atoms with van der Waals surface area (Å²) in [5, 5.41) is 0. The van der Waals surface area contributed by atoms with Gasteiger partial charge in [0, 0.05) is 6.54 Å². The van der Waals surface area contributed by atoms with Gasteiger partial charge in [-0.05, 0) is 37.5 Å². The van der Waals surface area contributed by atoms with Gasteiger partial charge in [0.2, 0.25) is 5.91 Å². The Labute approximate surface area is 114 Å². The smallest absolute Gasteiger partial charge is 0.240 e. The predicted octanol–water partition coefficient (Wildman–Crippen LogP) is 2.72. The van der Waals surface area contributed by atoms with Gasteiger partial charge in [0.1, 0.15) is 5.82 Å². The lowest BCUT2D eigenvalue weighted by Gasteiger charge is -2.31. The summed E-state index contributed by atoms with van der Waals surface area (Å²) in [7, 11) is 0. The quantitative estimate of drug-likeness (QED) is 0.890. The minimum absolute atomic E-state index is 0.0608. The molecule has 2 N–H and O–H groups in total. The predicted molar refractivity (Wildman–Crippen MR) is 75.0 cm³/mol. The van der Waals surface area contributed by atoms with Gasteiger partial charge in [0.15, 0.2) is 0 Å². The molecule has 1 unspecified atom stereocenters. The van der Waals surface area contributed by atoms with Crippen molar-refractivity contribution in [2.45, 2.75) is 39.8 Å². The van der Waals surface area contributed by atoms with Gasteiger partial charge in [-0.1, -0.05) is 26.0 Å². The highest BCUT2D eigenvalue weighted by Gasteiger charge is 2.26. The van der Waals surface area contributed by atoms with Crippen molar-refractivity contribution < 1.29 is 9.18 Å². The van der Waals surface area contributed by atoms with E-state index in [1.807, 2.05) is 27.7 Å². The first kappa shape index (κ1) is 15.6. The van der Waals surface area contributed by atoms with Gasteiger partial charge in [-0.25, -0.2) is 4.39 Å². The third-order valence-electron chi connectivity index (χ3n) is 3.45. The monoisotopic (exact) mass is 266 g/mol. The molecule has 1 amide bonds. The molecular weight excluding hydrogens is 243 g/mol. The van der Waals surface area contributed by atoms with Crippen LogP contribution < -0.4 is 5.73 Å². The Kier molecular flexibility index (Phi) is 5.48. The van der Waals surface area contributed by atoms with E-state index in [2.05, 4.69) is 0 Å². The molecule has 1 rings (SSSR count). The lowest BCUT2D eigenvalue weighted by Crippen LogP contribution is -2.47. The van der Waals surface area contributed by atoms with E-state index in [4.69, 9.17) is 5.73 Å². The third-order valence-corrected chi connectivity index (χ3v) is 3.45. The van der Waals surface area contributed by atoms with Crippen molar-refractivity contribution in [2.24, 2.45) is 11.7 Å². The maximum atomic E-state index is 12.9. The van der Waals surface area contributed by atoms with E-state index in [-0.39, 0.29) is 23.7 Å². The van der Waals surface area contributed by atoms with Crippen molar-refractivity contribution in [3.8, 4) is 0 Å². The minimum Gasteiger partial charge on any atom is -0.335 e. The standard InChI is InChI=1S/C15H23FN2O/c1-5-18(15(19)14(17)10(2)3)11(4)12-6-8-13(16)9-7-12/h6-11,14H,5,17H2,1-4H3/t11?,14-/m1/s1. The molecule has 106 valence electrons. The normalized spacial score (nSPS) is 14.3. The Hall–Kier alpha value is -1.42. The molecule has 2 atom stereocenters. The molecule has 0 heterocycles. The summed E-state index contributed by atoms with van der Waals surface area (Å²) >= 11 is 0. The van der Waals surface area contributed by atoms with Crippen molar-refractivity contribution in [2.75, 3.05) is 6.54 Å². The van der Waals surface area contributed by atoms with Crippen LogP contribution >= 0.6 is 0 Å². The molecule has 4 heteroatoms. The SMILES string of the molecule is CCN(C(=O)[C@H](N)C(C)C)C(C)c1ccc(F)cc1. The number of benzene rings is 1. The second-order valence-corrected chi connectivity index (χ2v) is 5.12. The van der Waals surface area contributed by atoms with Crippen LogP contribution in [0.4, 0.5) is 4.39 Å². The van der Waals surface area contributed by atoms with Crippen molar-refractivity contribution in [3.05, 3.63) is 35.6 Å². The summed E-state index contributed by atoms with van der Waals surface area (Å²) in [4.78, 5) is 14.1. The second kappa shape index (κ2) is 6.66. The average molecular weight is 266 g/mol. The number of halogens is 1. The van der Waals surface area contributed by atoms with Gasteiger partial charge in [-0.15, -0.1) is 0 Å². The number of hydrogen-bond acceptors (Lipinski definition) is 2. The van der Waals surface area contributed by atoms with Gasteiger partial charge in [-0.2, -0.15) is 0 Å². The van der Waals surface area contributed by atoms with Crippen molar-refractivity contribution in [1.82, 2.24) is 4.90 Å². The van der Waals surface area contributed by atoms with Gasteiger partial charge in [0.25, 0.3) is 0 Å². The highest BCUT2D eigenvalue weighted by Crippen LogP contribution is 2.21. The highest BCUT2D eigenvalue weighted by atomic mass is 19.1.